The minimum atomic E-state index is -0.752. The highest BCUT2D eigenvalue weighted by Crippen LogP contribution is 2.25. The van der Waals surface area contributed by atoms with Crippen molar-refractivity contribution in [2.75, 3.05) is 5.32 Å². The number of aliphatic imine (C=N–C) groups is 1. The van der Waals surface area contributed by atoms with Crippen molar-refractivity contribution >= 4 is 51.7 Å². The molecule has 2 rings (SSSR count). The molecular weight excluding hydrogens is 319 g/mol. The summed E-state index contributed by atoms with van der Waals surface area (Å²) < 4.78 is 13.0. The zero-order valence-electron chi connectivity index (χ0n) is 10.5. The van der Waals surface area contributed by atoms with Crippen molar-refractivity contribution in [1.82, 2.24) is 0 Å². The molecule has 21 heavy (non-hydrogen) atoms. The molecule has 0 fully saturated rings. The van der Waals surface area contributed by atoms with Crippen LogP contribution in [-0.4, -0.2) is 27.9 Å². The minimum Gasteiger partial charge on any atom is -0.382 e. The number of anilines is 1. The average Bonchev–Trinajstić information content (AvgIpc) is 2.42. The van der Waals surface area contributed by atoms with E-state index < -0.39 is 22.9 Å². The summed E-state index contributed by atoms with van der Waals surface area (Å²) in [6.45, 7) is 0. The molecule has 0 spiro atoms. The summed E-state index contributed by atoms with van der Waals surface area (Å²) >= 11 is 6.56. The van der Waals surface area contributed by atoms with E-state index in [1.807, 2.05) is 0 Å². The van der Waals surface area contributed by atoms with Crippen molar-refractivity contribution in [3.8, 4) is 0 Å². The molecule has 1 atom stereocenters. The van der Waals surface area contributed by atoms with E-state index in [-0.39, 0.29) is 22.3 Å². The molecule has 0 saturated heterocycles. The summed E-state index contributed by atoms with van der Waals surface area (Å²) in [5.41, 5.74) is 5.58. The Bertz CT molecular complexity index is 665. The number of hydrogen-bond acceptors (Lipinski definition) is 4. The van der Waals surface area contributed by atoms with Crippen molar-refractivity contribution in [3.63, 3.8) is 0 Å². The Labute approximate surface area is 128 Å². The molecule has 4 N–H and O–H groups in total. The van der Waals surface area contributed by atoms with Crippen molar-refractivity contribution in [2.45, 2.75) is 11.7 Å². The van der Waals surface area contributed by atoms with E-state index >= 15 is 0 Å². The van der Waals surface area contributed by atoms with Gasteiger partial charge in [-0.2, -0.15) is 0 Å². The first kappa shape index (κ1) is 15.5. The van der Waals surface area contributed by atoms with Gasteiger partial charge in [-0.05, 0) is 18.2 Å². The highest BCUT2D eigenvalue weighted by Gasteiger charge is 2.30. The first-order valence-corrected chi connectivity index (χ1v) is 7.01. The van der Waals surface area contributed by atoms with E-state index in [0.717, 1.165) is 17.8 Å². The zero-order valence-corrected chi connectivity index (χ0v) is 12.1. The first-order chi connectivity index (χ1) is 9.86. The Morgan fingerprint density at radius 1 is 1.57 bits per heavy atom. The van der Waals surface area contributed by atoms with Gasteiger partial charge in [-0.25, -0.2) is 9.38 Å². The topological polar surface area (TPSA) is 108 Å². The second kappa shape index (κ2) is 6.23. The number of halogens is 2. The average molecular weight is 329 g/mol. The Morgan fingerprint density at radius 2 is 2.29 bits per heavy atom. The monoisotopic (exact) mass is 328 g/mol. The van der Waals surface area contributed by atoms with Crippen molar-refractivity contribution in [1.29, 1.82) is 5.41 Å². The summed E-state index contributed by atoms with van der Waals surface area (Å²) in [5.74, 6) is -1.94. The van der Waals surface area contributed by atoms with Crippen molar-refractivity contribution < 1.29 is 14.0 Å². The number of rotatable bonds is 3. The fourth-order valence-corrected chi connectivity index (χ4v) is 2.71. The molecule has 1 aromatic rings. The highest BCUT2D eigenvalue weighted by atomic mass is 35.5. The minimum absolute atomic E-state index is 0.0172. The quantitative estimate of drug-likeness (QED) is 0.580. The summed E-state index contributed by atoms with van der Waals surface area (Å²) in [7, 11) is 0. The van der Waals surface area contributed by atoms with Crippen LogP contribution in [0.25, 0.3) is 0 Å². The highest BCUT2D eigenvalue weighted by molar-refractivity contribution is 8.16. The predicted octanol–water partition coefficient (Wildman–Crippen LogP) is 1.78. The molecule has 0 bridgehead atoms. The number of carbonyl (C=O) groups is 2. The van der Waals surface area contributed by atoms with Crippen LogP contribution in [0, 0.1) is 11.2 Å². The number of nitrogens with zero attached hydrogens (tertiary/aromatic N) is 1. The molecule has 2 amide bonds. The lowest BCUT2D eigenvalue weighted by Crippen LogP contribution is -2.34. The van der Waals surface area contributed by atoms with E-state index in [0.29, 0.717) is 5.69 Å². The van der Waals surface area contributed by atoms with Crippen LogP contribution in [0.15, 0.2) is 23.2 Å². The van der Waals surface area contributed by atoms with Gasteiger partial charge in [0.15, 0.2) is 0 Å². The molecule has 0 unspecified atom stereocenters. The van der Waals surface area contributed by atoms with Gasteiger partial charge in [0.1, 0.15) is 16.7 Å². The Hall–Kier alpha value is -1.93. The van der Waals surface area contributed by atoms with Gasteiger partial charge in [-0.3, -0.25) is 15.0 Å². The van der Waals surface area contributed by atoms with Crippen LogP contribution in [0.4, 0.5) is 10.1 Å². The number of benzene rings is 1. The van der Waals surface area contributed by atoms with Crippen LogP contribution < -0.4 is 11.1 Å². The summed E-state index contributed by atoms with van der Waals surface area (Å²) in [4.78, 5) is 27.1. The van der Waals surface area contributed by atoms with Gasteiger partial charge in [-0.15, -0.1) is 0 Å². The number of nitrogens with one attached hydrogen (secondary N) is 2. The molecule has 0 saturated carbocycles. The van der Waals surface area contributed by atoms with Crippen LogP contribution in [0.2, 0.25) is 5.02 Å². The maximum Gasteiger partial charge on any atom is 0.248 e. The molecule has 6 nitrogen and oxygen atoms in total. The van der Waals surface area contributed by atoms with Gasteiger partial charge in [0.2, 0.25) is 11.8 Å². The maximum atomic E-state index is 13.0. The number of amides is 2. The van der Waals surface area contributed by atoms with Crippen LogP contribution >= 0.6 is 23.4 Å². The molecule has 0 aromatic heterocycles. The maximum absolute atomic E-state index is 13.0. The summed E-state index contributed by atoms with van der Waals surface area (Å²) in [6.07, 6.45) is -0.0950. The van der Waals surface area contributed by atoms with Crippen LogP contribution in [0.3, 0.4) is 0 Å². The fourth-order valence-electron chi connectivity index (χ4n) is 1.59. The van der Waals surface area contributed by atoms with Crippen LogP contribution in [0.5, 0.6) is 0 Å². The number of amidine groups is 1. The third kappa shape index (κ3) is 3.79. The van der Waals surface area contributed by atoms with Gasteiger partial charge in [0.05, 0.1) is 16.7 Å². The van der Waals surface area contributed by atoms with Gasteiger partial charge in [0.25, 0.3) is 0 Å². The van der Waals surface area contributed by atoms with E-state index in [4.69, 9.17) is 22.7 Å². The van der Waals surface area contributed by atoms with E-state index in [1.165, 1.54) is 12.1 Å². The Morgan fingerprint density at radius 3 is 2.90 bits per heavy atom. The second-order valence-electron chi connectivity index (χ2n) is 4.15. The predicted molar refractivity (Wildman–Crippen MR) is 80.4 cm³/mol. The van der Waals surface area contributed by atoms with Gasteiger partial charge in [-0.1, -0.05) is 23.4 Å². The lowest BCUT2D eigenvalue weighted by Gasteiger charge is -2.19. The number of hydrogen-bond donors (Lipinski definition) is 3. The van der Waals surface area contributed by atoms with Crippen LogP contribution in [0.1, 0.15) is 6.42 Å². The second-order valence-corrected chi connectivity index (χ2v) is 5.75. The van der Waals surface area contributed by atoms with E-state index in [9.17, 15) is 14.0 Å². The molecular formula is C12H10ClFN4O2S. The summed E-state index contributed by atoms with van der Waals surface area (Å²) in [6, 6.07) is 3.75. The number of thioether (sulfide) groups is 1. The smallest absolute Gasteiger partial charge is 0.248 e. The molecule has 0 radical (unpaired) electrons. The number of carbonyl (C=O) groups excluding carboxylic acids is 2. The standard InChI is InChI=1S/C12H10ClFN4O2S/c13-6-3-5(1-2-7(6)14)17-11(20)8-4-9(19)18-12(21-8)10(15)16/h1-3,8H,4H2,(H3,15,16)(H,17,20)/t8-/m1/s1. The van der Waals surface area contributed by atoms with Gasteiger partial charge in [0, 0.05) is 5.69 Å². The third-order valence-electron chi connectivity index (χ3n) is 2.55. The molecule has 1 heterocycles. The fraction of sp³-hybridized carbons (Fsp3) is 0.167. The molecule has 1 aliphatic rings. The van der Waals surface area contributed by atoms with Gasteiger partial charge >= 0.3 is 0 Å². The molecule has 0 aliphatic carbocycles. The zero-order chi connectivity index (χ0) is 15.6. The van der Waals surface area contributed by atoms with Crippen LogP contribution in [-0.2, 0) is 9.59 Å². The molecule has 9 heteroatoms. The third-order valence-corrected chi connectivity index (χ3v) is 4.04. The molecule has 1 aliphatic heterocycles. The van der Waals surface area contributed by atoms with E-state index in [2.05, 4.69) is 10.3 Å². The number of nitrogens with two attached hydrogens (primary N) is 1. The molecule has 110 valence electrons. The lowest BCUT2D eigenvalue weighted by molar-refractivity contribution is -0.121. The Balaban J connectivity index is 2.10. The summed E-state index contributed by atoms with van der Waals surface area (Å²) in [5, 5.41) is 8.94. The molecule has 1 aromatic carbocycles. The normalized spacial score (nSPS) is 18.1. The van der Waals surface area contributed by atoms with Crippen molar-refractivity contribution in [2.24, 2.45) is 10.7 Å². The van der Waals surface area contributed by atoms with Crippen molar-refractivity contribution in [3.05, 3.63) is 29.0 Å². The SMILES string of the molecule is N=C(N)C1=NC(=O)C[C@H](C(=O)Nc2ccc(F)c(Cl)c2)S1. The first-order valence-electron chi connectivity index (χ1n) is 5.75. The van der Waals surface area contributed by atoms with Gasteiger partial charge < -0.3 is 11.1 Å². The van der Waals surface area contributed by atoms with E-state index in [1.54, 1.807) is 0 Å². The Kier molecular flexibility index (Phi) is 4.59. The lowest BCUT2D eigenvalue weighted by atomic mass is 10.2. The largest absolute Gasteiger partial charge is 0.382 e.